The zero-order valence-electron chi connectivity index (χ0n) is 24.2. The van der Waals surface area contributed by atoms with E-state index in [-0.39, 0.29) is 22.8 Å². The maximum Gasteiger partial charge on any atom is 0.387 e. The van der Waals surface area contributed by atoms with Crippen LogP contribution in [0.25, 0.3) is 0 Å². The minimum absolute atomic E-state index is 0.121. The highest BCUT2D eigenvalue weighted by atomic mass is 19.3. The van der Waals surface area contributed by atoms with Crippen molar-refractivity contribution in [1.82, 2.24) is 19.9 Å². The van der Waals surface area contributed by atoms with Crippen molar-refractivity contribution in [1.29, 1.82) is 0 Å². The van der Waals surface area contributed by atoms with Gasteiger partial charge in [-0.15, -0.1) is 0 Å². The van der Waals surface area contributed by atoms with Crippen LogP contribution in [0.4, 0.5) is 43.3 Å². The molecule has 0 spiro atoms. The number of aryl methyl sites for hydroxylation is 1. The molecule has 41 heavy (non-hydrogen) atoms. The molecule has 1 aliphatic heterocycles. The molecule has 0 saturated heterocycles. The number of hydrogen-bond donors (Lipinski definition) is 2. The van der Waals surface area contributed by atoms with Crippen molar-refractivity contribution in [3.8, 4) is 5.75 Å². The number of nitrogens with zero attached hydrogens (tertiary/aromatic N) is 6. The maximum atomic E-state index is 13.5. The van der Waals surface area contributed by atoms with E-state index in [1.54, 1.807) is 19.3 Å². The highest BCUT2D eigenvalue weighted by Crippen LogP contribution is 2.43. The fourth-order valence-corrected chi connectivity index (χ4v) is 4.64. The summed E-state index contributed by atoms with van der Waals surface area (Å²) in [5, 5.41) is 5.78. The quantitative estimate of drug-likeness (QED) is 0.308. The van der Waals surface area contributed by atoms with Gasteiger partial charge in [-0.3, -0.25) is 9.78 Å². The Kier molecular flexibility index (Phi) is 8.72. The molecule has 0 bridgehead atoms. The molecule has 10 nitrogen and oxygen atoms in total. The zero-order valence-corrected chi connectivity index (χ0v) is 24.2. The summed E-state index contributed by atoms with van der Waals surface area (Å²) in [5.41, 5.74) is 3.70. The minimum atomic E-state index is -3.07. The van der Waals surface area contributed by atoms with E-state index in [1.807, 2.05) is 43.0 Å². The molecule has 2 N–H and O–H groups in total. The van der Waals surface area contributed by atoms with Crippen LogP contribution in [0.2, 0.25) is 0 Å². The molecule has 0 unspecified atom stereocenters. The highest BCUT2D eigenvalue weighted by Gasteiger charge is 2.38. The largest absolute Gasteiger partial charge is 0.433 e. The maximum absolute atomic E-state index is 13.5. The second-order valence-electron chi connectivity index (χ2n) is 10.8. The molecule has 1 aromatic carbocycles. The van der Waals surface area contributed by atoms with E-state index in [0.29, 0.717) is 36.8 Å². The number of pyridine rings is 1. The van der Waals surface area contributed by atoms with Crippen molar-refractivity contribution in [3.05, 3.63) is 60.6 Å². The van der Waals surface area contributed by atoms with Crippen molar-refractivity contribution in [3.63, 3.8) is 0 Å². The summed E-state index contributed by atoms with van der Waals surface area (Å²) in [6.07, 6.45) is 2.73. The number of aromatic nitrogens is 3. The third-order valence-electron chi connectivity index (χ3n) is 6.71. The molecule has 0 fully saturated rings. The first-order valence-electron chi connectivity index (χ1n) is 13.2. The minimum Gasteiger partial charge on any atom is -0.433 e. The van der Waals surface area contributed by atoms with Gasteiger partial charge in [-0.25, -0.2) is 4.98 Å². The third-order valence-corrected chi connectivity index (χ3v) is 6.71. The van der Waals surface area contributed by atoms with Crippen LogP contribution in [0.15, 0.2) is 49.2 Å². The van der Waals surface area contributed by atoms with Crippen LogP contribution in [0.5, 0.6) is 5.75 Å². The van der Waals surface area contributed by atoms with E-state index in [2.05, 4.69) is 45.9 Å². The number of alkyl halides is 2. The summed E-state index contributed by atoms with van der Waals surface area (Å²) in [4.78, 5) is 31.9. The molecule has 1 amide bonds. The van der Waals surface area contributed by atoms with Gasteiger partial charge in [-0.1, -0.05) is 20.4 Å². The Morgan fingerprint density at radius 3 is 2.61 bits per heavy atom. The molecule has 218 valence electrons. The first-order chi connectivity index (χ1) is 19.4. The summed E-state index contributed by atoms with van der Waals surface area (Å²) in [6.45, 7) is 8.58. The number of likely N-dealkylation sites (N-methyl/N-ethyl adjacent to an activating group) is 2. The number of halogens is 2. The van der Waals surface area contributed by atoms with Gasteiger partial charge in [0.25, 0.3) is 0 Å². The monoisotopic (exact) mass is 566 g/mol. The lowest BCUT2D eigenvalue weighted by molar-refractivity contribution is -0.111. The van der Waals surface area contributed by atoms with Crippen molar-refractivity contribution in [2.75, 3.05) is 61.2 Å². The number of carbonyl (C=O) groups is 1. The number of nitrogens with one attached hydrogen (secondary N) is 2. The van der Waals surface area contributed by atoms with E-state index in [9.17, 15) is 13.6 Å². The fraction of sp³-hybridized carbons (Fsp3) is 0.379. The fourth-order valence-electron chi connectivity index (χ4n) is 4.64. The van der Waals surface area contributed by atoms with Crippen LogP contribution < -0.4 is 25.2 Å². The number of carbonyl (C=O) groups excluding carboxylic acids is 1. The Balaban J connectivity index is 1.72. The summed E-state index contributed by atoms with van der Waals surface area (Å²) in [6, 6.07) is 8.75. The van der Waals surface area contributed by atoms with Crippen LogP contribution in [0, 0.1) is 6.92 Å². The Bertz CT molecular complexity index is 1430. The van der Waals surface area contributed by atoms with Gasteiger partial charge in [-0.05, 0) is 51.4 Å². The summed E-state index contributed by atoms with van der Waals surface area (Å²) in [5.74, 6) is 0.224. The van der Waals surface area contributed by atoms with Gasteiger partial charge in [0, 0.05) is 50.1 Å². The molecule has 3 aromatic rings. The zero-order chi connectivity index (χ0) is 29.9. The van der Waals surface area contributed by atoms with Gasteiger partial charge in [-0.2, -0.15) is 13.8 Å². The van der Waals surface area contributed by atoms with E-state index >= 15 is 0 Å². The van der Waals surface area contributed by atoms with Crippen LogP contribution in [-0.4, -0.2) is 73.1 Å². The van der Waals surface area contributed by atoms with Crippen molar-refractivity contribution < 1.29 is 18.3 Å². The average Bonchev–Trinajstić information content (AvgIpc) is 3.18. The van der Waals surface area contributed by atoms with Gasteiger partial charge in [0.15, 0.2) is 5.75 Å². The average molecular weight is 567 g/mol. The predicted molar refractivity (Wildman–Crippen MR) is 158 cm³/mol. The number of amides is 1. The van der Waals surface area contributed by atoms with Gasteiger partial charge in [0.1, 0.15) is 5.82 Å². The van der Waals surface area contributed by atoms with E-state index < -0.39 is 12.5 Å². The summed E-state index contributed by atoms with van der Waals surface area (Å²) >= 11 is 0. The third kappa shape index (κ3) is 6.88. The normalized spacial score (nSPS) is 13.8. The highest BCUT2D eigenvalue weighted by molar-refractivity contribution is 6.02. The van der Waals surface area contributed by atoms with E-state index in [1.165, 1.54) is 12.1 Å². The first kappa shape index (κ1) is 29.7. The van der Waals surface area contributed by atoms with Crippen LogP contribution in [-0.2, 0) is 10.2 Å². The van der Waals surface area contributed by atoms with Crippen molar-refractivity contribution in [2.24, 2.45) is 0 Å². The second kappa shape index (κ2) is 12.0. The number of ether oxygens (including phenoxy) is 1. The van der Waals surface area contributed by atoms with Crippen molar-refractivity contribution in [2.45, 2.75) is 32.8 Å². The van der Waals surface area contributed by atoms with Gasteiger partial charge in [0.05, 0.1) is 28.4 Å². The number of benzene rings is 1. The number of hydrogen-bond acceptors (Lipinski definition) is 9. The molecule has 4 rings (SSSR count). The molecular weight excluding hydrogens is 530 g/mol. The number of fused-ring (bicyclic) bond motifs is 1. The first-order valence-corrected chi connectivity index (χ1v) is 13.2. The standard InChI is InChI=1S/C29H36F2N8O2/c1-8-25(40)34-19-15-20(23(41-27(30)31)16-22(19)38(7)14-13-37(5)6)35-28-32-12-11-24(36-28)39-17-29(3,4)26-21(39)10-9-18(2)33-26/h8-12,15-16,27H,1,13-14,17H2,2-7H3,(H,34,40)(H,32,35,36). The van der Waals surface area contributed by atoms with E-state index in [0.717, 1.165) is 23.2 Å². The summed E-state index contributed by atoms with van der Waals surface area (Å²) in [7, 11) is 5.67. The smallest absolute Gasteiger partial charge is 0.387 e. The lowest BCUT2D eigenvalue weighted by Crippen LogP contribution is -2.29. The molecule has 0 radical (unpaired) electrons. The van der Waals surface area contributed by atoms with Crippen LogP contribution in [0.3, 0.4) is 0 Å². The number of rotatable bonds is 11. The molecule has 0 aliphatic carbocycles. The van der Waals surface area contributed by atoms with Gasteiger partial charge < -0.3 is 30.1 Å². The Labute approximate surface area is 239 Å². The Morgan fingerprint density at radius 1 is 1.17 bits per heavy atom. The molecule has 1 aliphatic rings. The second-order valence-corrected chi connectivity index (χ2v) is 10.8. The van der Waals surface area contributed by atoms with E-state index in [4.69, 9.17) is 9.72 Å². The molecular formula is C29H36F2N8O2. The number of anilines is 6. The molecule has 0 atom stereocenters. The SMILES string of the molecule is C=CC(=O)Nc1cc(Nc2nccc(N3CC(C)(C)c4nc(C)ccc43)n2)c(OC(F)F)cc1N(C)CCN(C)C. The van der Waals surface area contributed by atoms with Gasteiger partial charge >= 0.3 is 6.61 Å². The topological polar surface area (TPSA) is 98.8 Å². The lowest BCUT2D eigenvalue weighted by atomic mass is 9.91. The predicted octanol–water partition coefficient (Wildman–Crippen LogP) is 5.08. The molecule has 3 heterocycles. The Hall–Kier alpha value is -4.32. The summed E-state index contributed by atoms with van der Waals surface area (Å²) < 4.78 is 31.9. The molecule has 0 saturated carbocycles. The van der Waals surface area contributed by atoms with Crippen LogP contribution >= 0.6 is 0 Å². The molecule has 2 aromatic heterocycles. The lowest BCUT2D eigenvalue weighted by Gasteiger charge is -2.26. The Morgan fingerprint density at radius 2 is 1.93 bits per heavy atom. The molecule has 12 heteroatoms. The van der Waals surface area contributed by atoms with Gasteiger partial charge in [0.2, 0.25) is 11.9 Å². The van der Waals surface area contributed by atoms with Crippen LogP contribution in [0.1, 0.15) is 25.2 Å². The van der Waals surface area contributed by atoms with Crippen molar-refractivity contribution >= 4 is 40.4 Å².